The van der Waals surface area contributed by atoms with Gasteiger partial charge in [-0.15, -0.1) is 0 Å². The molecule has 0 atom stereocenters. The standard InChI is InChI=1S/C15H22N2O4/c1-15(2,14(16)19)10-17-13(18)9-21-8-11-5-4-6-12(7-11)20-3/h4-7H,8-10H2,1-3H3,(H2,16,19)(H,17,18). The van der Waals surface area contributed by atoms with Crippen molar-refractivity contribution in [2.24, 2.45) is 11.1 Å². The number of methoxy groups -OCH3 is 1. The Morgan fingerprint density at radius 3 is 2.67 bits per heavy atom. The van der Waals surface area contributed by atoms with E-state index in [2.05, 4.69) is 5.32 Å². The molecule has 116 valence electrons. The van der Waals surface area contributed by atoms with Crippen LogP contribution in [0.2, 0.25) is 0 Å². The number of nitrogens with one attached hydrogen (secondary N) is 1. The van der Waals surface area contributed by atoms with Crippen LogP contribution in [0.15, 0.2) is 24.3 Å². The zero-order valence-corrected chi connectivity index (χ0v) is 12.6. The molecule has 0 fully saturated rings. The Morgan fingerprint density at radius 2 is 2.05 bits per heavy atom. The number of nitrogens with two attached hydrogens (primary N) is 1. The van der Waals surface area contributed by atoms with Gasteiger partial charge in [-0.25, -0.2) is 0 Å². The van der Waals surface area contributed by atoms with Crippen LogP contribution in [0.1, 0.15) is 19.4 Å². The molecule has 1 aromatic rings. The number of ether oxygens (including phenoxy) is 2. The molecular formula is C15H22N2O4. The molecule has 0 saturated heterocycles. The van der Waals surface area contributed by atoms with Crippen LogP contribution in [0, 0.1) is 5.41 Å². The molecule has 0 unspecified atom stereocenters. The first-order valence-corrected chi connectivity index (χ1v) is 6.62. The van der Waals surface area contributed by atoms with Gasteiger partial charge in [-0.3, -0.25) is 9.59 Å². The number of amides is 2. The highest BCUT2D eigenvalue weighted by atomic mass is 16.5. The second kappa shape index (κ2) is 7.64. The van der Waals surface area contributed by atoms with Crippen LogP contribution >= 0.6 is 0 Å². The molecule has 0 saturated carbocycles. The maximum atomic E-state index is 11.6. The normalized spacial score (nSPS) is 11.0. The van der Waals surface area contributed by atoms with E-state index in [1.54, 1.807) is 21.0 Å². The summed E-state index contributed by atoms with van der Waals surface area (Å²) >= 11 is 0. The number of carbonyl (C=O) groups is 2. The highest BCUT2D eigenvalue weighted by Crippen LogP contribution is 2.13. The molecule has 0 aromatic heterocycles. The van der Waals surface area contributed by atoms with Crippen LogP contribution < -0.4 is 15.8 Å². The predicted octanol–water partition coefficient (Wildman–Crippen LogP) is 0.839. The molecule has 6 heteroatoms. The van der Waals surface area contributed by atoms with Crippen LogP contribution in [-0.4, -0.2) is 32.1 Å². The molecule has 1 aromatic carbocycles. The summed E-state index contributed by atoms with van der Waals surface area (Å²) in [6, 6.07) is 7.42. The smallest absolute Gasteiger partial charge is 0.246 e. The second-order valence-corrected chi connectivity index (χ2v) is 5.37. The van der Waals surface area contributed by atoms with E-state index in [9.17, 15) is 9.59 Å². The topological polar surface area (TPSA) is 90.7 Å². The van der Waals surface area contributed by atoms with Crippen molar-refractivity contribution < 1.29 is 19.1 Å². The van der Waals surface area contributed by atoms with Crippen molar-refractivity contribution in [3.63, 3.8) is 0 Å². The Hall–Kier alpha value is -2.08. The Balaban J connectivity index is 2.32. The molecule has 21 heavy (non-hydrogen) atoms. The summed E-state index contributed by atoms with van der Waals surface area (Å²) in [5, 5.41) is 2.62. The van der Waals surface area contributed by atoms with Crippen LogP contribution in [-0.2, 0) is 20.9 Å². The largest absolute Gasteiger partial charge is 0.497 e. The van der Waals surface area contributed by atoms with Crippen LogP contribution in [0.5, 0.6) is 5.75 Å². The molecule has 6 nitrogen and oxygen atoms in total. The minimum absolute atomic E-state index is 0.0773. The molecule has 0 aliphatic rings. The Kier molecular flexibility index (Phi) is 6.17. The summed E-state index contributed by atoms with van der Waals surface area (Å²) in [5.41, 5.74) is 5.37. The lowest BCUT2D eigenvalue weighted by molar-refractivity contribution is -0.129. The van der Waals surface area contributed by atoms with Gasteiger partial charge in [0, 0.05) is 6.54 Å². The fourth-order valence-corrected chi connectivity index (χ4v) is 1.48. The van der Waals surface area contributed by atoms with Gasteiger partial charge in [0.05, 0.1) is 19.1 Å². The lowest BCUT2D eigenvalue weighted by atomic mass is 9.93. The average Bonchev–Trinajstić information content (AvgIpc) is 2.45. The van der Waals surface area contributed by atoms with Crippen molar-refractivity contribution in [3.8, 4) is 5.75 Å². The van der Waals surface area contributed by atoms with Crippen LogP contribution in [0.4, 0.5) is 0 Å². The van der Waals surface area contributed by atoms with Gasteiger partial charge in [-0.2, -0.15) is 0 Å². The maximum Gasteiger partial charge on any atom is 0.246 e. The molecule has 0 bridgehead atoms. The van der Waals surface area contributed by atoms with Gasteiger partial charge in [-0.1, -0.05) is 12.1 Å². The highest BCUT2D eigenvalue weighted by molar-refractivity contribution is 5.82. The van der Waals surface area contributed by atoms with E-state index in [0.717, 1.165) is 11.3 Å². The van der Waals surface area contributed by atoms with Crippen molar-refractivity contribution in [1.82, 2.24) is 5.32 Å². The third-order valence-electron chi connectivity index (χ3n) is 3.03. The molecule has 2 amide bonds. The first-order chi connectivity index (χ1) is 9.85. The van der Waals surface area contributed by atoms with Crippen molar-refractivity contribution in [2.75, 3.05) is 20.3 Å². The average molecular weight is 294 g/mol. The van der Waals surface area contributed by atoms with Gasteiger partial charge in [0.1, 0.15) is 12.4 Å². The first-order valence-electron chi connectivity index (χ1n) is 6.62. The third kappa shape index (κ3) is 5.83. The molecule has 3 N–H and O–H groups in total. The Labute approximate surface area is 124 Å². The Bertz CT molecular complexity index is 500. The van der Waals surface area contributed by atoms with Crippen LogP contribution in [0.25, 0.3) is 0 Å². The molecule has 0 spiro atoms. The summed E-state index contributed by atoms with van der Waals surface area (Å²) in [6.45, 7) is 3.76. The lowest BCUT2D eigenvalue weighted by Gasteiger charge is -2.20. The number of carbonyl (C=O) groups excluding carboxylic acids is 2. The summed E-state index contributed by atoms with van der Waals surface area (Å²) in [6.07, 6.45) is 0. The van der Waals surface area contributed by atoms with Crippen molar-refractivity contribution in [1.29, 1.82) is 0 Å². The summed E-state index contributed by atoms with van der Waals surface area (Å²) in [7, 11) is 1.59. The van der Waals surface area contributed by atoms with E-state index in [1.807, 2.05) is 24.3 Å². The van der Waals surface area contributed by atoms with Crippen molar-refractivity contribution in [3.05, 3.63) is 29.8 Å². The van der Waals surface area contributed by atoms with E-state index in [0.29, 0.717) is 6.61 Å². The van der Waals surface area contributed by atoms with Gasteiger partial charge in [0.25, 0.3) is 0 Å². The van der Waals surface area contributed by atoms with Gasteiger partial charge < -0.3 is 20.5 Å². The van der Waals surface area contributed by atoms with E-state index < -0.39 is 11.3 Å². The number of hydrogen-bond donors (Lipinski definition) is 2. The number of hydrogen-bond acceptors (Lipinski definition) is 4. The number of benzene rings is 1. The van der Waals surface area contributed by atoms with E-state index >= 15 is 0 Å². The van der Waals surface area contributed by atoms with E-state index in [-0.39, 0.29) is 19.1 Å². The highest BCUT2D eigenvalue weighted by Gasteiger charge is 2.25. The minimum Gasteiger partial charge on any atom is -0.497 e. The fourth-order valence-electron chi connectivity index (χ4n) is 1.48. The van der Waals surface area contributed by atoms with E-state index in [1.165, 1.54) is 0 Å². The monoisotopic (exact) mass is 294 g/mol. The summed E-state index contributed by atoms with van der Waals surface area (Å²) < 4.78 is 10.4. The number of primary amides is 1. The molecule has 0 aliphatic carbocycles. The lowest BCUT2D eigenvalue weighted by Crippen LogP contribution is -2.43. The van der Waals surface area contributed by atoms with Gasteiger partial charge in [0.2, 0.25) is 11.8 Å². The summed E-state index contributed by atoms with van der Waals surface area (Å²) in [4.78, 5) is 22.7. The van der Waals surface area contributed by atoms with Gasteiger partial charge in [-0.05, 0) is 31.5 Å². The number of rotatable bonds is 8. The summed E-state index contributed by atoms with van der Waals surface area (Å²) in [5.74, 6) is -0.00363. The fraction of sp³-hybridized carbons (Fsp3) is 0.467. The predicted molar refractivity (Wildman–Crippen MR) is 78.6 cm³/mol. The quantitative estimate of drug-likeness (QED) is 0.743. The molecular weight excluding hydrogens is 272 g/mol. The SMILES string of the molecule is COc1cccc(COCC(=O)NCC(C)(C)C(N)=O)c1. The minimum atomic E-state index is -0.775. The maximum absolute atomic E-state index is 11.6. The first kappa shape index (κ1) is 17.0. The molecule has 1 rings (SSSR count). The van der Waals surface area contributed by atoms with Crippen molar-refractivity contribution in [2.45, 2.75) is 20.5 Å². The molecule has 0 heterocycles. The molecule has 0 aliphatic heterocycles. The van der Waals surface area contributed by atoms with Gasteiger partial charge in [0.15, 0.2) is 0 Å². The Morgan fingerprint density at radius 1 is 1.33 bits per heavy atom. The van der Waals surface area contributed by atoms with Crippen LogP contribution in [0.3, 0.4) is 0 Å². The zero-order chi connectivity index (χ0) is 15.9. The molecule has 0 radical (unpaired) electrons. The van der Waals surface area contributed by atoms with Crippen molar-refractivity contribution >= 4 is 11.8 Å². The van der Waals surface area contributed by atoms with Gasteiger partial charge >= 0.3 is 0 Å². The second-order valence-electron chi connectivity index (χ2n) is 5.37. The third-order valence-corrected chi connectivity index (χ3v) is 3.03. The zero-order valence-electron chi connectivity index (χ0n) is 12.6. The van der Waals surface area contributed by atoms with E-state index in [4.69, 9.17) is 15.2 Å².